The molecule has 0 fully saturated rings. The van der Waals surface area contributed by atoms with Gasteiger partial charge >= 0.3 is 21.2 Å². The van der Waals surface area contributed by atoms with Crippen LogP contribution in [0.4, 0.5) is 18.9 Å². The molecular formula is C21H17F3N2O6S. The predicted molar refractivity (Wildman–Crippen MR) is 115 cm³/mol. The van der Waals surface area contributed by atoms with E-state index in [2.05, 4.69) is 0 Å². The molecule has 174 valence electrons. The van der Waals surface area contributed by atoms with Gasteiger partial charge in [0.05, 0.1) is 4.92 Å². The van der Waals surface area contributed by atoms with Crippen molar-refractivity contribution >= 4 is 32.8 Å². The maximum atomic E-state index is 13.3. The monoisotopic (exact) mass is 482 g/mol. The van der Waals surface area contributed by atoms with E-state index in [4.69, 9.17) is 4.42 Å². The maximum absolute atomic E-state index is 13.3. The van der Waals surface area contributed by atoms with Gasteiger partial charge < -0.3 is 4.42 Å². The highest BCUT2D eigenvalue weighted by Crippen LogP contribution is 2.33. The summed E-state index contributed by atoms with van der Waals surface area (Å²) in [6, 6.07) is 10.8. The summed E-state index contributed by atoms with van der Waals surface area (Å²) in [6.07, 6.45) is 2.69. The molecule has 8 nitrogen and oxygen atoms in total. The second kappa shape index (κ2) is 9.16. The molecular weight excluding hydrogens is 465 g/mol. The van der Waals surface area contributed by atoms with Gasteiger partial charge in [-0.15, -0.1) is 0 Å². The fourth-order valence-corrected chi connectivity index (χ4v) is 4.21. The first kappa shape index (κ1) is 24.1. The van der Waals surface area contributed by atoms with Gasteiger partial charge in [0.15, 0.2) is 0 Å². The quantitative estimate of drug-likeness (QED) is 0.276. The number of sulfonamides is 1. The minimum atomic E-state index is -5.71. The van der Waals surface area contributed by atoms with Gasteiger partial charge in [0.1, 0.15) is 5.58 Å². The molecule has 12 heteroatoms. The van der Waals surface area contributed by atoms with Crippen molar-refractivity contribution in [3.63, 3.8) is 0 Å². The molecule has 0 aliphatic rings. The molecule has 1 unspecified atom stereocenters. The average Bonchev–Trinajstić information content (AvgIpc) is 2.75. The third-order valence-electron chi connectivity index (χ3n) is 4.86. The van der Waals surface area contributed by atoms with Gasteiger partial charge in [-0.05, 0) is 36.2 Å². The minimum absolute atomic E-state index is 0.155. The van der Waals surface area contributed by atoms with E-state index < -0.39 is 38.7 Å². The van der Waals surface area contributed by atoms with Gasteiger partial charge in [0.2, 0.25) is 0 Å². The van der Waals surface area contributed by atoms with Crippen molar-refractivity contribution in [3.05, 3.63) is 92.3 Å². The molecule has 0 N–H and O–H groups in total. The van der Waals surface area contributed by atoms with Crippen LogP contribution in [0.25, 0.3) is 17.0 Å². The number of nitro groups is 1. The molecule has 0 aliphatic carbocycles. The Hall–Kier alpha value is -3.51. The lowest BCUT2D eigenvalue weighted by atomic mass is 10.1. The van der Waals surface area contributed by atoms with Gasteiger partial charge in [-0.25, -0.2) is 13.2 Å². The predicted octanol–water partition coefficient (Wildman–Crippen LogP) is 4.63. The fourth-order valence-electron chi connectivity index (χ4n) is 3.12. The zero-order valence-electron chi connectivity index (χ0n) is 17.0. The van der Waals surface area contributed by atoms with Crippen LogP contribution in [0, 0.1) is 10.1 Å². The van der Waals surface area contributed by atoms with Crippen molar-refractivity contribution in [1.29, 1.82) is 0 Å². The first-order valence-electron chi connectivity index (χ1n) is 9.43. The highest BCUT2D eigenvalue weighted by Gasteiger charge is 2.51. The van der Waals surface area contributed by atoms with E-state index in [1.165, 1.54) is 49.4 Å². The summed E-state index contributed by atoms with van der Waals surface area (Å²) in [5.41, 5.74) is -5.31. The lowest BCUT2D eigenvalue weighted by Crippen LogP contribution is -2.42. The van der Waals surface area contributed by atoms with Gasteiger partial charge in [0, 0.05) is 36.2 Å². The number of halogens is 3. The Labute approximate surface area is 185 Å². The van der Waals surface area contributed by atoms with Crippen molar-refractivity contribution in [3.8, 4) is 0 Å². The third-order valence-corrected chi connectivity index (χ3v) is 6.53. The number of hydrogen-bond acceptors (Lipinski definition) is 6. The first-order chi connectivity index (χ1) is 15.4. The van der Waals surface area contributed by atoms with Crippen molar-refractivity contribution < 1.29 is 30.9 Å². The highest BCUT2D eigenvalue weighted by molar-refractivity contribution is 7.90. The Morgan fingerprint density at radius 3 is 2.39 bits per heavy atom. The molecule has 0 spiro atoms. The minimum Gasteiger partial charge on any atom is -0.423 e. The number of non-ortho nitro benzene ring substituents is 1. The normalized spacial score (nSPS) is 13.6. The second-order valence-corrected chi connectivity index (χ2v) is 8.88. The number of benzene rings is 2. The molecule has 1 atom stereocenters. The van der Waals surface area contributed by atoms with Crippen molar-refractivity contribution in [1.82, 2.24) is 4.31 Å². The van der Waals surface area contributed by atoms with Gasteiger partial charge in [-0.3, -0.25) is 10.1 Å². The SMILES string of the molecule is CC(c1ccc([N+](=O)[O-])cc1)N(CC=Cc1ccc2oc(=O)ccc2c1)S(=O)(=O)C(F)(F)F. The maximum Gasteiger partial charge on any atom is 0.511 e. The number of hydrogen-bond donors (Lipinski definition) is 0. The van der Waals surface area contributed by atoms with E-state index in [1.54, 1.807) is 12.1 Å². The Balaban J connectivity index is 1.90. The smallest absolute Gasteiger partial charge is 0.423 e. The fraction of sp³-hybridized carbons (Fsp3) is 0.190. The molecule has 0 aliphatic heterocycles. The lowest BCUT2D eigenvalue weighted by Gasteiger charge is -2.28. The number of nitro benzene ring substituents is 1. The van der Waals surface area contributed by atoms with Crippen LogP contribution in [-0.2, 0) is 10.0 Å². The molecule has 1 heterocycles. The first-order valence-corrected chi connectivity index (χ1v) is 10.9. The van der Waals surface area contributed by atoms with Gasteiger partial charge in [-0.2, -0.15) is 17.5 Å². The van der Waals surface area contributed by atoms with E-state index in [0.717, 1.165) is 12.1 Å². The largest absolute Gasteiger partial charge is 0.511 e. The van der Waals surface area contributed by atoms with E-state index in [0.29, 0.717) is 16.5 Å². The second-order valence-electron chi connectivity index (χ2n) is 7.00. The Morgan fingerprint density at radius 1 is 1.12 bits per heavy atom. The molecule has 2 aromatic carbocycles. The summed E-state index contributed by atoms with van der Waals surface area (Å²) in [5.74, 6) is 0. The lowest BCUT2D eigenvalue weighted by molar-refractivity contribution is -0.384. The van der Waals surface area contributed by atoms with Gasteiger partial charge in [-0.1, -0.05) is 30.4 Å². The summed E-state index contributed by atoms with van der Waals surface area (Å²) < 4.78 is 69.6. The molecule has 0 radical (unpaired) electrons. The standard InChI is InChI=1S/C21H17F3N2O6S/c1-14(16-5-8-18(9-6-16)26(28)29)25(33(30,31)21(22,23)24)12-2-3-15-4-10-19-17(13-15)7-11-20(27)32-19/h2-11,13-14H,12H2,1H3. The van der Waals surface area contributed by atoms with Gasteiger partial charge in [0.25, 0.3) is 5.69 Å². The summed E-state index contributed by atoms with van der Waals surface area (Å²) in [7, 11) is -5.71. The molecule has 33 heavy (non-hydrogen) atoms. The van der Waals surface area contributed by atoms with Crippen molar-refractivity contribution in [2.45, 2.75) is 18.5 Å². The summed E-state index contributed by atoms with van der Waals surface area (Å²) in [6.45, 7) is 0.651. The summed E-state index contributed by atoms with van der Waals surface area (Å²) in [4.78, 5) is 21.4. The molecule has 3 rings (SSSR count). The topological polar surface area (TPSA) is 111 Å². The van der Waals surface area contributed by atoms with Crippen LogP contribution in [0.3, 0.4) is 0 Å². The van der Waals surface area contributed by atoms with Crippen LogP contribution in [0.5, 0.6) is 0 Å². The highest BCUT2D eigenvalue weighted by atomic mass is 32.2. The Morgan fingerprint density at radius 2 is 1.79 bits per heavy atom. The Kier molecular flexibility index (Phi) is 6.70. The number of fused-ring (bicyclic) bond motifs is 1. The summed E-state index contributed by atoms with van der Waals surface area (Å²) in [5, 5.41) is 11.4. The summed E-state index contributed by atoms with van der Waals surface area (Å²) >= 11 is 0. The van der Waals surface area contributed by atoms with Crippen LogP contribution in [0.2, 0.25) is 0 Å². The molecule has 0 saturated heterocycles. The van der Waals surface area contributed by atoms with Crippen LogP contribution < -0.4 is 5.63 Å². The molecule has 0 saturated carbocycles. The molecule has 0 bridgehead atoms. The van der Waals surface area contributed by atoms with Crippen molar-refractivity contribution in [2.24, 2.45) is 0 Å². The number of alkyl halides is 3. The molecule has 0 amide bonds. The zero-order valence-corrected chi connectivity index (χ0v) is 17.8. The molecule has 1 aromatic heterocycles. The van der Waals surface area contributed by atoms with Crippen molar-refractivity contribution in [2.75, 3.05) is 6.54 Å². The van der Waals surface area contributed by atoms with E-state index in [-0.39, 0.29) is 15.6 Å². The third kappa shape index (κ3) is 5.29. The van der Waals surface area contributed by atoms with E-state index >= 15 is 0 Å². The zero-order chi connectivity index (χ0) is 24.4. The van der Waals surface area contributed by atoms with Crippen LogP contribution in [0.15, 0.2) is 69.9 Å². The number of nitrogens with zero attached hydrogens (tertiary/aromatic N) is 2. The average molecular weight is 482 g/mol. The van der Waals surface area contributed by atoms with Crippen LogP contribution in [-0.4, -0.2) is 29.7 Å². The van der Waals surface area contributed by atoms with Crippen LogP contribution >= 0.6 is 0 Å². The Bertz CT molecular complexity index is 1370. The van der Waals surface area contributed by atoms with E-state index in [1.807, 2.05) is 0 Å². The number of rotatable bonds is 7. The van der Waals surface area contributed by atoms with E-state index in [9.17, 15) is 36.5 Å². The van der Waals surface area contributed by atoms with Crippen LogP contribution in [0.1, 0.15) is 24.1 Å². The molecule has 3 aromatic rings.